The van der Waals surface area contributed by atoms with Gasteiger partial charge in [-0.3, -0.25) is 9.78 Å². The van der Waals surface area contributed by atoms with E-state index >= 15 is 0 Å². The molecule has 0 aliphatic heterocycles. The average Bonchev–Trinajstić information content (AvgIpc) is 2.84. The molecule has 1 aromatic heterocycles. The first-order chi connectivity index (χ1) is 9.96. The van der Waals surface area contributed by atoms with Crippen LogP contribution in [0.2, 0.25) is 0 Å². The molecule has 2 radical (unpaired) electrons. The summed E-state index contributed by atoms with van der Waals surface area (Å²) < 4.78 is 4.90. The van der Waals surface area contributed by atoms with Crippen LogP contribution in [-0.4, -0.2) is 31.0 Å². The zero-order valence-corrected chi connectivity index (χ0v) is 12.1. The molecule has 0 aliphatic rings. The van der Waals surface area contributed by atoms with Gasteiger partial charge in [0, 0.05) is 21.7 Å². The quantitative estimate of drug-likeness (QED) is 0.638. The molecule has 106 valence electrons. The Kier molecular flexibility index (Phi) is 6.23. The summed E-state index contributed by atoms with van der Waals surface area (Å²) in [6, 6.07) is 6.94. The van der Waals surface area contributed by atoms with Crippen LogP contribution in [0.4, 0.5) is 5.69 Å². The first-order valence-corrected chi connectivity index (χ1v) is 6.53. The number of nitrogen functional groups attached to an aromatic ring is 1. The summed E-state index contributed by atoms with van der Waals surface area (Å²) >= 11 is 1.20. The first kappa shape index (κ1) is 16.5. The van der Waals surface area contributed by atoms with Crippen LogP contribution < -0.4 is 15.4 Å². The lowest BCUT2D eigenvalue weighted by Crippen LogP contribution is -1.98. The van der Waals surface area contributed by atoms with E-state index in [1.165, 1.54) is 17.5 Å². The Morgan fingerprint density at radius 2 is 2.33 bits per heavy atom. The normalized spacial score (nSPS) is 9.14. The van der Waals surface area contributed by atoms with Gasteiger partial charge in [0.25, 0.3) is 0 Å². The SMILES string of the molecule is COc1ccc(N)c(C#N)c1.[B]c1ncc(CC(=O)O)s1. The molecule has 2 aromatic rings. The molecule has 1 aromatic carbocycles. The highest BCUT2D eigenvalue weighted by molar-refractivity contribution is 7.19. The number of ether oxygens (including phenoxy) is 1. The van der Waals surface area contributed by atoms with Crippen molar-refractivity contribution in [3.63, 3.8) is 0 Å². The number of carboxylic acids is 1. The largest absolute Gasteiger partial charge is 0.497 e. The molecular formula is C13H12BN3O3S. The second-order valence-electron chi connectivity index (χ2n) is 3.80. The summed E-state index contributed by atoms with van der Waals surface area (Å²) in [7, 11) is 6.82. The number of carboxylic acid groups (broad SMARTS) is 1. The van der Waals surface area contributed by atoms with Gasteiger partial charge in [-0.15, -0.1) is 11.3 Å². The van der Waals surface area contributed by atoms with Gasteiger partial charge in [-0.2, -0.15) is 5.26 Å². The van der Waals surface area contributed by atoms with Crippen LogP contribution in [0.5, 0.6) is 5.75 Å². The molecule has 0 spiro atoms. The lowest BCUT2D eigenvalue weighted by Gasteiger charge is -2.00. The molecule has 3 N–H and O–H groups in total. The summed E-state index contributed by atoms with van der Waals surface area (Å²) in [5.74, 6) is -0.209. The highest BCUT2D eigenvalue weighted by Crippen LogP contribution is 2.17. The molecule has 0 fully saturated rings. The number of anilines is 1. The first-order valence-electron chi connectivity index (χ1n) is 5.71. The van der Waals surface area contributed by atoms with E-state index in [2.05, 4.69) is 4.98 Å². The van der Waals surface area contributed by atoms with Gasteiger partial charge in [0.2, 0.25) is 0 Å². The molecule has 1 heterocycles. The molecule has 21 heavy (non-hydrogen) atoms. The van der Waals surface area contributed by atoms with Crippen molar-refractivity contribution < 1.29 is 14.6 Å². The highest BCUT2D eigenvalue weighted by Gasteiger charge is 2.02. The van der Waals surface area contributed by atoms with E-state index in [1.807, 2.05) is 6.07 Å². The topological polar surface area (TPSA) is 109 Å². The van der Waals surface area contributed by atoms with Crippen LogP contribution in [0.15, 0.2) is 24.4 Å². The van der Waals surface area contributed by atoms with Gasteiger partial charge >= 0.3 is 5.97 Å². The van der Waals surface area contributed by atoms with Gasteiger partial charge in [-0.25, -0.2) is 0 Å². The average molecular weight is 301 g/mol. The number of hydrogen-bond donors (Lipinski definition) is 2. The Bertz CT molecular complexity index is 667. The molecule has 8 heteroatoms. The van der Waals surface area contributed by atoms with Crippen LogP contribution in [0.1, 0.15) is 10.4 Å². The second kappa shape index (κ2) is 7.92. The molecular weight excluding hydrogens is 289 g/mol. The smallest absolute Gasteiger partial charge is 0.308 e. The molecule has 0 saturated heterocycles. The monoisotopic (exact) mass is 301 g/mol. The van der Waals surface area contributed by atoms with Crippen LogP contribution in [-0.2, 0) is 11.2 Å². The van der Waals surface area contributed by atoms with Gasteiger partial charge in [0.1, 0.15) is 11.8 Å². The number of thiazole rings is 1. The lowest BCUT2D eigenvalue weighted by molar-refractivity contribution is -0.136. The zero-order chi connectivity index (χ0) is 15.8. The third kappa shape index (κ3) is 5.54. The van der Waals surface area contributed by atoms with Crippen molar-refractivity contribution in [3.05, 3.63) is 34.8 Å². The molecule has 0 atom stereocenters. The molecule has 0 saturated carbocycles. The number of methoxy groups -OCH3 is 1. The third-order valence-corrected chi connectivity index (χ3v) is 3.10. The van der Waals surface area contributed by atoms with E-state index < -0.39 is 5.97 Å². The fourth-order valence-electron chi connectivity index (χ4n) is 1.31. The molecule has 6 nitrogen and oxygen atoms in total. The number of carbonyl (C=O) groups is 1. The van der Waals surface area contributed by atoms with Crippen molar-refractivity contribution in [3.8, 4) is 11.8 Å². The number of aromatic nitrogens is 1. The Morgan fingerprint density at radius 1 is 1.62 bits per heavy atom. The van der Waals surface area contributed by atoms with Crippen LogP contribution >= 0.6 is 11.3 Å². The number of hydrogen-bond acceptors (Lipinski definition) is 6. The maximum absolute atomic E-state index is 10.1. The summed E-state index contributed by atoms with van der Waals surface area (Å²) in [6.07, 6.45) is 1.49. The molecule has 2 rings (SSSR count). The Hall–Kier alpha value is -2.53. The Balaban J connectivity index is 0.000000211. The third-order valence-electron chi connectivity index (χ3n) is 2.28. The van der Waals surface area contributed by atoms with Crippen LogP contribution in [0.25, 0.3) is 0 Å². The molecule has 0 bridgehead atoms. The number of benzene rings is 1. The van der Waals surface area contributed by atoms with E-state index in [9.17, 15) is 4.79 Å². The summed E-state index contributed by atoms with van der Waals surface area (Å²) in [5, 5.41) is 16.9. The molecule has 0 aliphatic carbocycles. The van der Waals surface area contributed by atoms with Crippen molar-refractivity contribution in [2.45, 2.75) is 6.42 Å². The second-order valence-corrected chi connectivity index (χ2v) is 4.95. The summed E-state index contributed by atoms with van der Waals surface area (Å²) in [6.45, 7) is 0. The number of aliphatic carboxylic acids is 1. The zero-order valence-electron chi connectivity index (χ0n) is 11.2. The van der Waals surface area contributed by atoms with Crippen molar-refractivity contribution in [1.29, 1.82) is 5.26 Å². The highest BCUT2D eigenvalue weighted by atomic mass is 32.1. The van der Waals surface area contributed by atoms with Gasteiger partial charge in [0.15, 0.2) is 7.85 Å². The fourth-order valence-corrected chi connectivity index (χ4v) is 1.99. The predicted molar refractivity (Wildman–Crippen MR) is 81.0 cm³/mol. The van der Waals surface area contributed by atoms with Crippen LogP contribution in [0, 0.1) is 11.3 Å². The summed E-state index contributed by atoms with van der Waals surface area (Å²) in [4.78, 5) is 14.9. The van der Waals surface area contributed by atoms with E-state index in [0.717, 1.165) is 0 Å². The van der Waals surface area contributed by atoms with Crippen molar-refractivity contribution >= 4 is 35.7 Å². The van der Waals surface area contributed by atoms with Gasteiger partial charge in [-0.05, 0) is 18.2 Å². The summed E-state index contributed by atoms with van der Waals surface area (Å²) in [5.41, 5.74) is 6.40. The number of nitrogens with zero attached hydrogens (tertiary/aromatic N) is 2. The lowest BCUT2D eigenvalue weighted by atomic mass is 10.2. The van der Waals surface area contributed by atoms with E-state index in [0.29, 0.717) is 26.8 Å². The van der Waals surface area contributed by atoms with E-state index in [1.54, 1.807) is 25.3 Å². The van der Waals surface area contributed by atoms with Crippen molar-refractivity contribution in [1.82, 2.24) is 4.98 Å². The fraction of sp³-hybridized carbons (Fsp3) is 0.154. The van der Waals surface area contributed by atoms with Gasteiger partial charge in [-0.1, -0.05) is 0 Å². The maximum atomic E-state index is 10.1. The minimum absolute atomic E-state index is 0.00880. The molecule has 0 unspecified atom stereocenters. The standard InChI is InChI=1S/C8H8N2O.C5H4BNO2S/c1-11-7-2-3-8(10)6(4-7)5-9;6-5-7-2-3(10-5)1-4(8)9/h2-4H,10H2,1H3;2H,1H2,(H,8,9). The van der Waals surface area contributed by atoms with E-state index in [4.69, 9.17) is 28.7 Å². The van der Waals surface area contributed by atoms with Crippen molar-refractivity contribution in [2.75, 3.05) is 12.8 Å². The number of nitriles is 1. The molecule has 0 amide bonds. The minimum Gasteiger partial charge on any atom is -0.497 e. The van der Waals surface area contributed by atoms with Gasteiger partial charge in [0.05, 0.1) is 19.1 Å². The Labute approximate surface area is 127 Å². The van der Waals surface area contributed by atoms with Crippen LogP contribution in [0.3, 0.4) is 0 Å². The maximum Gasteiger partial charge on any atom is 0.308 e. The van der Waals surface area contributed by atoms with Gasteiger partial charge < -0.3 is 15.6 Å². The Morgan fingerprint density at radius 3 is 2.81 bits per heavy atom. The number of nitrogens with two attached hydrogens (primary N) is 1. The minimum atomic E-state index is -0.858. The predicted octanol–water partition coefficient (Wildman–Crippen LogP) is 0.713. The van der Waals surface area contributed by atoms with Crippen molar-refractivity contribution in [2.24, 2.45) is 0 Å². The number of rotatable bonds is 3. The van der Waals surface area contributed by atoms with E-state index in [-0.39, 0.29) is 6.42 Å².